The van der Waals surface area contributed by atoms with E-state index in [0.29, 0.717) is 18.4 Å². The van der Waals surface area contributed by atoms with Gasteiger partial charge in [0.15, 0.2) is 0 Å². The first-order chi connectivity index (χ1) is 12.0. The van der Waals surface area contributed by atoms with E-state index in [1.807, 2.05) is 13.8 Å². The van der Waals surface area contributed by atoms with Crippen LogP contribution in [0.2, 0.25) is 0 Å². The number of non-ortho nitro benzene ring substituents is 1. The van der Waals surface area contributed by atoms with E-state index in [0.717, 1.165) is 0 Å². The van der Waals surface area contributed by atoms with Gasteiger partial charge in [0.1, 0.15) is 5.60 Å². The van der Waals surface area contributed by atoms with E-state index in [1.165, 1.54) is 18.2 Å². The highest BCUT2D eigenvalue weighted by Gasteiger charge is 2.29. The summed E-state index contributed by atoms with van der Waals surface area (Å²) in [6.45, 7) is 8.92. The van der Waals surface area contributed by atoms with Crippen LogP contribution in [-0.4, -0.2) is 33.7 Å². The summed E-state index contributed by atoms with van der Waals surface area (Å²) < 4.78 is 5.27. The van der Waals surface area contributed by atoms with E-state index in [4.69, 9.17) is 4.74 Å². The molecule has 0 aromatic heterocycles. The summed E-state index contributed by atoms with van der Waals surface area (Å²) in [6.07, 6.45) is 0.403. The summed E-state index contributed by atoms with van der Waals surface area (Å²) in [5.74, 6) is -1.57. The van der Waals surface area contributed by atoms with Crippen LogP contribution in [0.3, 0.4) is 0 Å². The smallest absolute Gasteiger partial charge is 0.407 e. The van der Waals surface area contributed by atoms with Crippen LogP contribution >= 0.6 is 0 Å². The predicted octanol–water partition coefficient (Wildman–Crippen LogP) is 4.09. The molecular formula is C18H26N2O6. The first kappa shape index (κ1) is 21.4. The molecule has 0 radical (unpaired) electrons. The van der Waals surface area contributed by atoms with Gasteiger partial charge in [0.2, 0.25) is 0 Å². The molecule has 0 bridgehead atoms. The lowest BCUT2D eigenvalue weighted by Crippen LogP contribution is -2.42. The third kappa shape index (κ3) is 5.72. The Morgan fingerprint density at radius 1 is 1.27 bits per heavy atom. The largest absolute Gasteiger partial charge is 0.478 e. The molecule has 1 aromatic carbocycles. The number of carboxylic acids is 1. The number of nitro groups is 1. The zero-order valence-corrected chi connectivity index (χ0v) is 15.7. The summed E-state index contributed by atoms with van der Waals surface area (Å²) in [4.78, 5) is 34.2. The second kappa shape index (κ2) is 8.64. The Balaban J connectivity index is 3.25. The maximum Gasteiger partial charge on any atom is 0.407 e. The van der Waals surface area contributed by atoms with Crippen molar-refractivity contribution in [2.24, 2.45) is 0 Å². The van der Waals surface area contributed by atoms with Crippen LogP contribution in [0, 0.1) is 10.1 Å². The average Bonchev–Trinajstić information content (AvgIpc) is 2.52. The van der Waals surface area contributed by atoms with Crippen molar-refractivity contribution in [3.8, 4) is 0 Å². The Hall–Kier alpha value is -2.64. The van der Waals surface area contributed by atoms with Crippen LogP contribution in [0.15, 0.2) is 18.2 Å². The zero-order valence-electron chi connectivity index (χ0n) is 15.7. The summed E-state index contributed by atoms with van der Waals surface area (Å²) >= 11 is 0. The molecule has 0 heterocycles. The molecule has 0 aliphatic rings. The summed E-state index contributed by atoms with van der Waals surface area (Å²) in [6, 6.07) is 3.26. The van der Waals surface area contributed by atoms with Crippen LogP contribution in [-0.2, 0) is 4.74 Å². The van der Waals surface area contributed by atoms with Crippen molar-refractivity contribution in [1.29, 1.82) is 0 Å². The molecule has 0 fully saturated rings. The molecule has 144 valence electrons. The maximum absolute atomic E-state index is 12.1. The SMILES string of the molecule is CCC(NC(=O)OC(C)(C)C)C(CC)c1cc([N+](=O)[O-])ccc1C(=O)O. The number of aromatic carboxylic acids is 1. The third-order valence-corrected chi connectivity index (χ3v) is 3.94. The van der Waals surface area contributed by atoms with Crippen LogP contribution in [0.25, 0.3) is 0 Å². The number of amides is 1. The number of ether oxygens (including phenoxy) is 1. The minimum Gasteiger partial charge on any atom is -0.478 e. The molecule has 1 rings (SSSR count). The Morgan fingerprint density at radius 3 is 2.31 bits per heavy atom. The molecule has 1 amide bonds. The van der Waals surface area contributed by atoms with E-state index < -0.39 is 34.5 Å². The van der Waals surface area contributed by atoms with Crippen molar-refractivity contribution >= 4 is 17.7 Å². The number of carbonyl (C=O) groups excluding carboxylic acids is 1. The first-order valence-electron chi connectivity index (χ1n) is 8.51. The van der Waals surface area contributed by atoms with E-state index in [2.05, 4.69) is 5.32 Å². The van der Waals surface area contributed by atoms with Gasteiger partial charge in [-0.25, -0.2) is 9.59 Å². The Labute approximate surface area is 152 Å². The van der Waals surface area contributed by atoms with Crippen molar-refractivity contribution in [3.63, 3.8) is 0 Å². The fourth-order valence-corrected chi connectivity index (χ4v) is 2.83. The van der Waals surface area contributed by atoms with Crippen LogP contribution in [0.1, 0.15) is 69.3 Å². The van der Waals surface area contributed by atoms with Gasteiger partial charge in [-0.15, -0.1) is 0 Å². The molecule has 8 heteroatoms. The fourth-order valence-electron chi connectivity index (χ4n) is 2.83. The Bertz CT molecular complexity index is 681. The number of nitro benzene ring substituents is 1. The molecule has 0 saturated heterocycles. The number of hydrogen-bond donors (Lipinski definition) is 2. The Kier molecular flexibility index (Phi) is 7.11. The highest BCUT2D eigenvalue weighted by molar-refractivity contribution is 5.90. The molecule has 0 spiro atoms. The molecule has 0 aliphatic carbocycles. The van der Waals surface area contributed by atoms with E-state index in [-0.39, 0.29) is 11.3 Å². The molecule has 2 N–H and O–H groups in total. The third-order valence-electron chi connectivity index (χ3n) is 3.94. The van der Waals surface area contributed by atoms with Gasteiger partial charge >= 0.3 is 12.1 Å². The fraction of sp³-hybridized carbons (Fsp3) is 0.556. The van der Waals surface area contributed by atoms with Gasteiger partial charge in [-0.1, -0.05) is 13.8 Å². The monoisotopic (exact) mass is 366 g/mol. The lowest BCUT2D eigenvalue weighted by Gasteiger charge is -2.29. The van der Waals surface area contributed by atoms with Gasteiger partial charge in [-0.3, -0.25) is 10.1 Å². The molecule has 8 nitrogen and oxygen atoms in total. The normalized spacial score (nSPS) is 13.6. The van der Waals surface area contributed by atoms with E-state index >= 15 is 0 Å². The quantitative estimate of drug-likeness (QED) is 0.554. The number of alkyl carbamates (subject to hydrolysis) is 1. The molecule has 2 unspecified atom stereocenters. The number of carbonyl (C=O) groups is 2. The van der Waals surface area contributed by atoms with Crippen molar-refractivity contribution in [1.82, 2.24) is 5.32 Å². The number of benzene rings is 1. The summed E-state index contributed by atoms with van der Waals surface area (Å²) in [5.41, 5.74) is -0.526. The number of nitrogens with zero attached hydrogens (tertiary/aromatic N) is 1. The van der Waals surface area contributed by atoms with Crippen molar-refractivity contribution < 1.29 is 24.4 Å². The lowest BCUT2D eigenvalue weighted by molar-refractivity contribution is -0.384. The highest BCUT2D eigenvalue weighted by Crippen LogP contribution is 2.31. The zero-order chi connectivity index (χ0) is 20.1. The van der Waals surface area contributed by atoms with Crippen LogP contribution in [0.4, 0.5) is 10.5 Å². The van der Waals surface area contributed by atoms with Crippen molar-refractivity contribution in [3.05, 3.63) is 39.4 Å². The maximum atomic E-state index is 12.1. The number of hydrogen-bond acceptors (Lipinski definition) is 5. The van der Waals surface area contributed by atoms with Crippen LogP contribution < -0.4 is 5.32 Å². The van der Waals surface area contributed by atoms with E-state index in [9.17, 15) is 24.8 Å². The predicted molar refractivity (Wildman–Crippen MR) is 96.5 cm³/mol. The molecule has 0 aliphatic heterocycles. The minimum absolute atomic E-state index is 0.00751. The number of nitrogens with one attached hydrogen (secondary N) is 1. The molecule has 2 atom stereocenters. The second-order valence-corrected chi connectivity index (χ2v) is 7.01. The van der Waals surface area contributed by atoms with Crippen molar-refractivity contribution in [2.75, 3.05) is 0 Å². The van der Waals surface area contributed by atoms with Gasteiger partial charge in [-0.05, 0) is 45.2 Å². The van der Waals surface area contributed by atoms with Crippen molar-refractivity contribution in [2.45, 2.75) is 65.0 Å². The summed E-state index contributed by atoms with van der Waals surface area (Å²) in [5, 5.41) is 23.3. The highest BCUT2D eigenvalue weighted by atomic mass is 16.6. The molecule has 26 heavy (non-hydrogen) atoms. The average molecular weight is 366 g/mol. The van der Waals surface area contributed by atoms with E-state index in [1.54, 1.807) is 20.8 Å². The molecule has 0 saturated carbocycles. The molecule has 1 aromatic rings. The van der Waals surface area contributed by atoms with Gasteiger partial charge in [0.05, 0.1) is 10.5 Å². The number of rotatable bonds is 7. The minimum atomic E-state index is -1.17. The summed E-state index contributed by atoms with van der Waals surface area (Å²) in [7, 11) is 0. The number of carboxylic acid groups (broad SMARTS) is 1. The molecular weight excluding hydrogens is 340 g/mol. The Morgan fingerprint density at radius 2 is 1.88 bits per heavy atom. The first-order valence-corrected chi connectivity index (χ1v) is 8.51. The van der Waals surface area contributed by atoms with Gasteiger partial charge < -0.3 is 15.2 Å². The topological polar surface area (TPSA) is 119 Å². The lowest BCUT2D eigenvalue weighted by atomic mass is 9.84. The van der Waals surface area contributed by atoms with Gasteiger partial charge in [0.25, 0.3) is 5.69 Å². The van der Waals surface area contributed by atoms with Gasteiger partial charge in [-0.2, -0.15) is 0 Å². The second-order valence-electron chi connectivity index (χ2n) is 7.01. The van der Waals surface area contributed by atoms with Gasteiger partial charge in [0, 0.05) is 24.1 Å². The van der Waals surface area contributed by atoms with Crippen LogP contribution in [0.5, 0.6) is 0 Å². The standard InChI is InChI=1S/C18H26N2O6/c1-6-12(15(7-2)19-17(23)26-18(3,4)5)14-10-11(20(24)25)8-9-13(14)16(21)22/h8-10,12,15H,6-7H2,1-5H3,(H,19,23)(H,21,22).